The van der Waals surface area contributed by atoms with Gasteiger partial charge in [-0.15, -0.1) is 0 Å². The highest BCUT2D eigenvalue weighted by molar-refractivity contribution is 7.81. The molecule has 128 valence electrons. The number of nitrogens with one attached hydrogen (secondary N) is 2. The minimum absolute atomic E-state index is 0.276. The second-order valence-electron chi connectivity index (χ2n) is 5.09. The van der Waals surface area contributed by atoms with E-state index in [0.29, 0.717) is 17.9 Å². The molecule has 0 spiro atoms. The van der Waals surface area contributed by atoms with E-state index in [1.54, 1.807) is 17.3 Å². The monoisotopic (exact) mass is 366 g/mol. The number of aryl methyl sites for hydroxylation is 1. The number of carbonyl (C=O) groups excluding carboxylic acids is 1. The van der Waals surface area contributed by atoms with Crippen LogP contribution in [0.15, 0.2) is 30.5 Å². The van der Waals surface area contributed by atoms with Crippen LogP contribution in [0.5, 0.6) is 0 Å². The molecule has 0 aliphatic carbocycles. The Bertz CT molecular complexity index is 740. The maximum atomic E-state index is 12.2. The molecule has 0 aliphatic heterocycles. The van der Waals surface area contributed by atoms with Crippen LogP contribution in [0.1, 0.15) is 22.8 Å². The molecule has 0 bridgehead atoms. The molecule has 0 unspecified atom stereocenters. The molecule has 0 saturated carbocycles. The Balaban J connectivity index is 2.39. The smallest absolute Gasteiger partial charge is 0.278 e. The Morgan fingerprint density at radius 3 is 2.79 bits per heavy atom. The third-order valence-electron chi connectivity index (χ3n) is 3.20. The maximum absolute atomic E-state index is 12.2. The summed E-state index contributed by atoms with van der Waals surface area (Å²) in [6, 6.07) is 7.45. The number of aromatic nitrogens is 1. The van der Waals surface area contributed by atoms with Crippen molar-refractivity contribution in [3.05, 3.63) is 46.7 Å². The Kier molecular flexibility index (Phi) is 6.30. The largest absolute Gasteiger partial charge is 0.353 e. The van der Waals surface area contributed by atoms with Crippen LogP contribution >= 0.6 is 24.4 Å². The molecule has 0 atom stereocenters. The lowest BCUT2D eigenvalue weighted by Gasteiger charge is -2.19. The van der Waals surface area contributed by atoms with Crippen LogP contribution in [-0.2, 0) is 4.84 Å². The van der Waals surface area contributed by atoms with E-state index in [1.807, 2.05) is 32.2 Å². The first-order chi connectivity index (χ1) is 11.4. The van der Waals surface area contributed by atoms with Gasteiger partial charge in [-0.2, -0.15) is 0 Å². The summed E-state index contributed by atoms with van der Waals surface area (Å²) in [5.74, 6) is -0.406. The van der Waals surface area contributed by atoms with E-state index in [1.165, 1.54) is 6.20 Å². The number of rotatable bonds is 6. The van der Waals surface area contributed by atoms with Gasteiger partial charge in [0.25, 0.3) is 5.91 Å². The summed E-state index contributed by atoms with van der Waals surface area (Å²) in [6.07, 6.45) is 1.40. The Morgan fingerprint density at radius 1 is 1.38 bits per heavy atom. The third-order valence-corrected chi connectivity index (χ3v) is 3.62. The zero-order valence-corrected chi connectivity index (χ0v) is 15.3. The minimum Gasteiger partial charge on any atom is -0.353 e. The molecule has 0 saturated heterocycles. The Hall–Kier alpha value is -1.96. The first-order valence-corrected chi connectivity index (χ1v) is 8.08. The Labute approximate surface area is 151 Å². The second kappa shape index (κ2) is 8.23. The van der Waals surface area contributed by atoms with Gasteiger partial charge in [-0.25, -0.2) is 10.5 Å². The van der Waals surface area contributed by atoms with E-state index in [-0.39, 0.29) is 5.15 Å². The first kappa shape index (κ1) is 18.4. The minimum atomic E-state index is -0.406. The lowest BCUT2D eigenvalue weighted by molar-refractivity contribution is 0.0365. The molecule has 2 N–H and O–H groups in total. The number of benzene rings is 1. The van der Waals surface area contributed by atoms with E-state index in [0.717, 1.165) is 16.9 Å². The van der Waals surface area contributed by atoms with Crippen molar-refractivity contribution in [2.75, 3.05) is 23.3 Å². The average Bonchev–Trinajstić information content (AvgIpc) is 2.54. The van der Waals surface area contributed by atoms with Crippen LogP contribution in [0.2, 0.25) is 5.15 Å². The van der Waals surface area contributed by atoms with E-state index in [9.17, 15) is 4.79 Å². The van der Waals surface area contributed by atoms with Crippen LogP contribution < -0.4 is 15.1 Å². The van der Waals surface area contributed by atoms with Crippen molar-refractivity contribution >= 4 is 47.4 Å². The van der Waals surface area contributed by atoms with Gasteiger partial charge in [0.15, 0.2) is 0 Å². The lowest BCUT2D eigenvalue weighted by atomic mass is 10.1. The number of hydrogen-bond donors (Lipinski definition) is 3. The van der Waals surface area contributed by atoms with Gasteiger partial charge >= 0.3 is 0 Å². The van der Waals surface area contributed by atoms with Crippen LogP contribution in [0.3, 0.4) is 0 Å². The van der Waals surface area contributed by atoms with Crippen molar-refractivity contribution in [2.45, 2.75) is 13.8 Å². The van der Waals surface area contributed by atoms with Crippen LogP contribution in [-0.4, -0.2) is 24.5 Å². The number of amides is 1. The molecule has 1 amide bonds. The van der Waals surface area contributed by atoms with Gasteiger partial charge in [0, 0.05) is 13.2 Å². The molecule has 0 fully saturated rings. The highest BCUT2D eigenvalue weighted by Gasteiger charge is 2.15. The highest BCUT2D eigenvalue weighted by Crippen LogP contribution is 2.32. The predicted octanol–water partition coefficient (Wildman–Crippen LogP) is 3.75. The quantitative estimate of drug-likeness (QED) is 0.413. The molecule has 8 heteroatoms. The molecular formula is C16H19ClN4O2S. The average molecular weight is 367 g/mol. The molecule has 24 heavy (non-hydrogen) atoms. The third kappa shape index (κ3) is 4.53. The van der Waals surface area contributed by atoms with Gasteiger partial charge in [0.05, 0.1) is 29.2 Å². The molecule has 2 rings (SSSR count). The zero-order chi connectivity index (χ0) is 17.7. The van der Waals surface area contributed by atoms with Gasteiger partial charge in [-0.3, -0.25) is 9.63 Å². The molecular weight excluding hydrogens is 348 g/mol. The molecule has 2 aromatic rings. The number of nitrogens with zero attached hydrogens (tertiary/aromatic N) is 2. The summed E-state index contributed by atoms with van der Waals surface area (Å²) in [5, 5.41) is 3.49. The fraction of sp³-hybridized carbons (Fsp3) is 0.250. The normalized spacial score (nSPS) is 10.4. The number of hydroxylamine groups is 1. The van der Waals surface area contributed by atoms with Gasteiger partial charge < -0.3 is 9.62 Å². The van der Waals surface area contributed by atoms with Crippen molar-refractivity contribution < 1.29 is 9.63 Å². The SMILES string of the molecule is CCONC(=O)c1cnc(Cl)cc1Nc1ccc(C)cc1N(C)S. The van der Waals surface area contributed by atoms with Gasteiger partial charge in [-0.1, -0.05) is 30.5 Å². The van der Waals surface area contributed by atoms with Gasteiger partial charge in [0.2, 0.25) is 0 Å². The van der Waals surface area contributed by atoms with E-state index < -0.39 is 5.91 Å². The number of carbonyl (C=O) groups is 1. The van der Waals surface area contributed by atoms with E-state index >= 15 is 0 Å². The summed E-state index contributed by atoms with van der Waals surface area (Å²) in [4.78, 5) is 21.1. The summed E-state index contributed by atoms with van der Waals surface area (Å²) < 4.78 is 1.69. The van der Waals surface area contributed by atoms with Crippen LogP contribution in [0.4, 0.5) is 17.1 Å². The van der Waals surface area contributed by atoms with Crippen molar-refractivity contribution in [2.24, 2.45) is 0 Å². The fourth-order valence-corrected chi connectivity index (χ4v) is 2.39. The highest BCUT2D eigenvalue weighted by atomic mass is 35.5. The molecule has 1 aromatic carbocycles. The van der Waals surface area contributed by atoms with Crippen molar-refractivity contribution in [3.8, 4) is 0 Å². The summed E-state index contributed by atoms with van der Waals surface area (Å²) in [6.45, 7) is 4.14. The van der Waals surface area contributed by atoms with E-state index in [4.69, 9.17) is 16.4 Å². The number of thiol groups is 1. The first-order valence-electron chi connectivity index (χ1n) is 7.30. The van der Waals surface area contributed by atoms with Crippen molar-refractivity contribution in [1.82, 2.24) is 10.5 Å². The molecule has 6 nitrogen and oxygen atoms in total. The zero-order valence-electron chi connectivity index (χ0n) is 13.6. The fourth-order valence-electron chi connectivity index (χ4n) is 2.07. The number of hydrogen-bond acceptors (Lipinski definition) is 6. The number of anilines is 3. The van der Waals surface area contributed by atoms with Crippen molar-refractivity contribution in [3.63, 3.8) is 0 Å². The maximum Gasteiger partial charge on any atom is 0.278 e. The standard InChI is InChI=1S/C16H19ClN4O2S/c1-4-23-20-16(22)11-9-18-15(17)8-13(11)19-12-6-5-10(2)7-14(12)21(3)24/h5-9,24H,4H2,1-3H3,(H,18,19)(H,20,22). The van der Waals surface area contributed by atoms with E-state index in [2.05, 4.69) is 28.6 Å². The summed E-state index contributed by atoms with van der Waals surface area (Å²) in [5.41, 5.74) is 5.94. The second-order valence-corrected chi connectivity index (χ2v) is 6.07. The van der Waals surface area contributed by atoms with Gasteiger partial charge in [0.1, 0.15) is 5.15 Å². The van der Waals surface area contributed by atoms with Crippen molar-refractivity contribution in [1.29, 1.82) is 0 Å². The topological polar surface area (TPSA) is 66.5 Å². The lowest BCUT2D eigenvalue weighted by Crippen LogP contribution is -2.24. The summed E-state index contributed by atoms with van der Waals surface area (Å²) in [7, 11) is 1.82. The molecule has 0 radical (unpaired) electrons. The number of pyridine rings is 1. The number of halogens is 1. The van der Waals surface area contributed by atoms with Gasteiger partial charge in [-0.05, 0) is 37.6 Å². The Morgan fingerprint density at radius 2 is 2.12 bits per heavy atom. The predicted molar refractivity (Wildman–Crippen MR) is 100 cm³/mol. The molecule has 1 heterocycles. The van der Waals surface area contributed by atoms with Crippen LogP contribution in [0.25, 0.3) is 0 Å². The molecule has 1 aromatic heterocycles. The molecule has 0 aliphatic rings. The summed E-state index contributed by atoms with van der Waals surface area (Å²) >= 11 is 10.3. The van der Waals surface area contributed by atoms with Crippen LogP contribution in [0, 0.1) is 6.92 Å².